The summed E-state index contributed by atoms with van der Waals surface area (Å²) in [4.78, 5) is 4.71. The molecule has 5 heterocycles. The van der Waals surface area contributed by atoms with E-state index in [4.69, 9.17) is 9.40 Å². The monoisotopic (exact) mass is 390 g/mol. The smallest absolute Gasteiger partial charge is 0.306 e. The summed E-state index contributed by atoms with van der Waals surface area (Å²) in [5.41, 5.74) is 3.65. The van der Waals surface area contributed by atoms with Crippen LogP contribution in [0.1, 0.15) is 36.2 Å². The van der Waals surface area contributed by atoms with Crippen molar-refractivity contribution in [2.45, 2.75) is 24.7 Å². The van der Waals surface area contributed by atoms with Gasteiger partial charge in [0.1, 0.15) is 17.9 Å². The van der Waals surface area contributed by atoms with Gasteiger partial charge in [0.05, 0.1) is 11.4 Å². The fourth-order valence-corrected chi connectivity index (χ4v) is 4.35. The lowest BCUT2D eigenvalue weighted by Gasteiger charge is -2.14. The van der Waals surface area contributed by atoms with E-state index in [9.17, 15) is 4.39 Å². The number of rotatable bonds is 3. The van der Waals surface area contributed by atoms with Crippen LogP contribution in [0, 0.1) is 0 Å². The summed E-state index contributed by atoms with van der Waals surface area (Å²) < 4.78 is 23.0. The van der Waals surface area contributed by atoms with Crippen LogP contribution in [0.25, 0.3) is 22.7 Å². The molecule has 1 aliphatic heterocycles. The van der Waals surface area contributed by atoms with Crippen LogP contribution in [-0.4, -0.2) is 37.1 Å². The summed E-state index contributed by atoms with van der Waals surface area (Å²) >= 11 is 0. The predicted octanol–water partition coefficient (Wildman–Crippen LogP) is 3.61. The Morgan fingerprint density at radius 3 is 3.00 bits per heavy atom. The van der Waals surface area contributed by atoms with Gasteiger partial charge in [-0.1, -0.05) is 6.08 Å². The highest BCUT2D eigenvalue weighted by Gasteiger charge is 2.25. The van der Waals surface area contributed by atoms with Crippen molar-refractivity contribution in [3.05, 3.63) is 66.4 Å². The summed E-state index contributed by atoms with van der Waals surface area (Å²) in [5, 5.41) is 12.2. The predicted molar refractivity (Wildman–Crippen MR) is 105 cm³/mol. The summed E-state index contributed by atoms with van der Waals surface area (Å²) in [5.74, 6) is 1.65. The first-order valence-corrected chi connectivity index (χ1v) is 9.83. The topological polar surface area (TPSA) is 72.7 Å². The van der Waals surface area contributed by atoms with Crippen molar-refractivity contribution in [2.24, 2.45) is 0 Å². The Morgan fingerprint density at radius 2 is 2.17 bits per heavy atom. The van der Waals surface area contributed by atoms with Gasteiger partial charge in [0.15, 0.2) is 5.65 Å². The van der Waals surface area contributed by atoms with Gasteiger partial charge >= 0.3 is 5.84 Å². The summed E-state index contributed by atoms with van der Waals surface area (Å²) in [6.45, 7) is 1.92. The van der Waals surface area contributed by atoms with E-state index in [-0.39, 0.29) is 11.7 Å². The van der Waals surface area contributed by atoms with Gasteiger partial charge in [0.25, 0.3) is 0 Å². The normalized spacial score (nSPS) is 22.0. The third-order valence-electron chi connectivity index (χ3n) is 5.82. The van der Waals surface area contributed by atoms with Gasteiger partial charge in [-0.05, 0) is 43.7 Å². The van der Waals surface area contributed by atoms with Crippen LogP contribution in [0.3, 0.4) is 0 Å². The van der Waals surface area contributed by atoms with Crippen LogP contribution in [0.2, 0.25) is 0 Å². The second-order valence-corrected chi connectivity index (χ2v) is 7.59. The number of pyridine rings is 1. The Hall–Kier alpha value is -3.26. The van der Waals surface area contributed by atoms with Crippen molar-refractivity contribution >= 4 is 11.5 Å². The number of aromatic nitrogens is 5. The number of nitrogens with zero attached hydrogens (tertiary/aromatic N) is 5. The zero-order valence-electron chi connectivity index (χ0n) is 15.6. The molecule has 0 spiro atoms. The summed E-state index contributed by atoms with van der Waals surface area (Å²) in [6, 6.07) is 4.01. The molecule has 146 valence electrons. The minimum atomic E-state index is -0.202. The molecule has 0 amide bonds. The largest absolute Gasteiger partial charge is 0.432 e. The summed E-state index contributed by atoms with van der Waals surface area (Å²) in [7, 11) is 0. The molecule has 1 aliphatic carbocycles. The van der Waals surface area contributed by atoms with Crippen LogP contribution in [0.15, 0.2) is 59.3 Å². The lowest BCUT2D eigenvalue weighted by Crippen LogP contribution is -2.10. The third kappa shape index (κ3) is 2.63. The van der Waals surface area contributed by atoms with Gasteiger partial charge in [-0.2, -0.15) is 4.98 Å². The van der Waals surface area contributed by atoms with Crippen LogP contribution in [0.4, 0.5) is 4.39 Å². The van der Waals surface area contributed by atoms with Gasteiger partial charge in [0, 0.05) is 36.3 Å². The highest BCUT2D eigenvalue weighted by atomic mass is 19.1. The first-order valence-electron chi connectivity index (χ1n) is 9.83. The Kier molecular flexibility index (Phi) is 3.67. The van der Waals surface area contributed by atoms with Crippen LogP contribution < -0.4 is 5.32 Å². The van der Waals surface area contributed by atoms with E-state index < -0.39 is 0 Å². The Morgan fingerprint density at radius 1 is 1.21 bits per heavy atom. The second-order valence-electron chi connectivity index (χ2n) is 7.59. The molecule has 8 heteroatoms. The van der Waals surface area contributed by atoms with Crippen molar-refractivity contribution in [1.29, 1.82) is 0 Å². The van der Waals surface area contributed by atoms with E-state index in [0.29, 0.717) is 18.2 Å². The van der Waals surface area contributed by atoms with E-state index >= 15 is 0 Å². The number of allylic oxidation sites excluding steroid dienone is 4. The average Bonchev–Trinajstić information content (AvgIpc) is 3.50. The fraction of sp³-hybridized carbons (Fsp3) is 0.286. The quantitative estimate of drug-likeness (QED) is 0.579. The maximum Gasteiger partial charge on any atom is 0.306 e. The molecule has 1 saturated heterocycles. The molecular formula is C21H19FN6O. The maximum atomic E-state index is 13.5. The minimum absolute atomic E-state index is 0.00490. The SMILES string of the molecule is FC1=CCC(c2nc3occn3c2-c2ccc3nnc(C4CCNC4)n3c2)C=C1. The van der Waals surface area contributed by atoms with Crippen molar-refractivity contribution < 1.29 is 8.81 Å². The van der Waals surface area contributed by atoms with Crippen LogP contribution in [-0.2, 0) is 0 Å². The van der Waals surface area contributed by atoms with Crippen LogP contribution >= 0.6 is 0 Å². The molecule has 6 rings (SSSR count). The molecule has 29 heavy (non-hydrogen) atoms. The molecule has 4 aromatic rings. The van der Waals surface area contributed by atoms with E-state index in [2.05, 4.69) is 26.1 Å². The first-order chi connectivity index (χ1) is 14.3. The van der Waals surface area contributed by atoms with Gasteiger partial charge in [-0.15, -0.1) is 10.2 Å². The van der Waals surface area contributed by atoms with E-state index in [1.807, 2.05) is 28.8 Å². The zero-order chi connectivity index (χ0) is 19.4. The number of hydrogen-bond acceptors (Lipinski definition) is 5. The second kappa shape index (κ2) is 6.38. The van der Waals surface area contributed by atoms with Gasteiger partial charge in [0.2, 0.25) is 0 Å². The molecule has 2 atom stereocenters. The van der Waals surface area contributed by atoms with E-state index in [1.54, 1.807) is 12.3 Å². The number of fused-ring (bicyclic) bond motifs is 2. The number of hydrogen-bond donors (Lipinski definition) is 1. The fourth-order valence-electron chi connectivity index (χ4n) is 4.35. The molecule has 0 radical (unpaired) electrons. The van der Waals surface area contributed by atoms with Gasteiger partial charge in [-0.25, -0.2) is 4.39 Å². The van der Waals surface area contributed by atoms with Crippen molar-refractivity contribution in [2.75, 3.05) is 13.1 Å². The standard InChI is InChI=1S/C21H19FN6O/c22-16-4-1-13(2-5-16)18-19(27-9-10-29-21(27)24-18)15-3-6-17-25-26-20(28(17)12-15)14-7-8-23-11-14/h1,3-6,9-10,12-14,23H,2,7-8,11H2. The van der Waals surface area contributed by atoms with Crippen molar-refractivity contribution in [3.8, 4) is 11.3 Å². The Balaban J connectivity index is 1.51. The third-order valence-corrected chi connectivity index (χ3v) is 5.82. The van der Waals surface area contributed by atoms with Crippen molar-refractivity contribution in [3.63, 3.8) is 0 Å². The van der Waals surface area contributed by atoms with Crippen molar-refractivity contribution in [1.82, 2.24) is 29.3 Å². The van der Waals surface area contributed by atoms with Gasteiger partial charge in [-0.3, -0.25) is 8.80 Å². The molecule has 0 saturated carbocycles. The summed E-state index contributed by atoms with van der Waals surface area (Å²) in [6.07, 6.45) is 12.2. The minimum Gasteiger partial charge on any atom is -0.432 e. The number of nitrogens with one attached hydrogen (secondary N) is 1. The average molecular weight is 390 g/mol. The molecule has 2 unspecified atom stereocenters. The lowest BCUT2D eigenvalue weighted by atomic mass is 9.94. The Bertz CT molecular complexity index is 1270. The molecule has 2 aliphatic rings. The molecule has 1 N–H and O–H groups in total. The lowest BCUT2D eigenvalue weighted by molar-refractivity contribution is 0.593. The number of imidazole rings is 1. The molecule has 1 fully saturated rings. The number of halogens is 1. The number of oxazole rings is 1. The van der Waals surface area contributed by atoms with Gasteiger partial charge < -0.3 is 9.73 Å². The van der Waals surface area contributed by atoms with E-state index in [0.717, 1.165) is 47.9 Å². The highest BCUT2D eigenvalue weighted by Crippen LogP contribution is 2.35. The Labute approximate surface area is 165 Å². The first kappa shape index (κ1) is 16.7. The highest BCUT2D eigenvalue weighted by molar-refractivity contribution is 5.68. The molecule has 0 aromatic carbocycles. The molecule has 4 aromatic heterocycles. The molecular weight excluding hydrogens is 371 g/mol. The maximum absolute atomic E-state index is 13.5. The zero-order valence-corrected chi connectivity index (χ0v) is 15.6. The van der Waals surface area contributed by atoms with E-state index in [1.165, 1.54) is 6.08 Å². The molecule has 0 bridgehead atoms. The van der Waals surface area contributed by atoms with Crippen LogP contribution in [0.5, 0.6) is 0 Å². The molecule has 7 nitrogen and oxygen atoms in total.